The number of carbonyl (C=O) groups is 1. The summed E-state index contributed by atoms with van der Waals surface area (Å²) in [4.78, 5) is 21.3. The smallest absolute Gasteiger partial charge is 0.295 e. The summed E-state index contributed by atoms with van der Waals surface area (Å²) in [6.07, 6.45) is 0. The van der Waals surface area contributed by atoms with Gasteiger partial charge in [-0.15, -0.1) is 0 Å². The lowest BCUT2D eigenvalue weighted by atomic mass is 10.2. The molecule has 0 fully saturated rings. The Bertz CT molecular complexity index is 474. The van der Waals surface area contributed by atoms with E-state index in [1.165, 1.54) is 13.0 Å². The fraction of sp³-hybridized carbons (Fsp3) is 0.222. The molecule has 0 aliphatic heterocycles. The number of nitrogens with zero attached hydrogens (tertiary/aromatic N) is 1. The van der Waals surface area contributed by atoms with Crippen molar-refractivity contribution in [3.8, 4) is 0 Å². The molecule has 0 saturated heterocycles. The second-order valence-electron chi connectivity index (χ2n) is 3.13. The first kappa shape index (κ1) is 13.1. The molecule has 1 N–H and O–H groups in total. The summed E-state index contributed by atoms with van der Waals surface area (Å²) in [5.74, 6) is -0.356. The van der Waals surface area contributed by atoms with Crippen LogP contribution in [0.25, 0.3) is 0 Å². The quantitative estimate of drug-likeness (QED) is 0.655. The first-order valence-corrected chi connectivity index (χ1v) is 5.83. The third-order valence-corrected chi connectivity index (χ3v) is 3.74. The number of carbonyl (C=O) groups excluding carboxylic acids is 1. The molecule has 0 saturated carbocycles. The lowest BCUT2D eigenvalue weighted by Crippen LogP contribution is -2.09. The Kier molecular flexibility index (Phi) is 4.03. The first-order chi connectivity index (χ1) is 7.34. The average Bonchev–Trinajstić information content (AvgIpc) is 2.17. The summed E-state index contributed by atoms with van der Waals surface area (Å²) < 4.78 is 1.11. The van der Waals surface area contributed by atoms with Gasteiger partial charge in [0.15, 0.2) is 0 Å². The number of benzene rings is 1. The van der Waals surface area contributed by atoms with Gasteiger partial charge in [0.05, 0.1) is 9.40 Å². The largest absolute Gasteiger partial charge is 0.320 e. The lowest BCUT2D eigenvalue weighted by Gasteiger charge is -2.10. The van der Waals surface area contributed by atoms with Gasteiger partial charge in [0.25, 0.3) is 5.69 Å². The molecule has 0 aromatic heterocycles. The SMILES string of the molecule is CC(=O)Nc1c([N+](=O)[O-])cc(Br)c(C)c1Br. The van der Waals surface area contributed by atoms with Crippen molar-refractivity contribution in [2.45, 2.75) is 13.8 Å². The number of amides is 1. The van der Waals surface area contributed by atoms with E-state index in [1.54, 1.807) is 6.92 Å². The minimum Gasteiger partial charge on any atom is -0.320 e. The van der Waals surface area contributed by atoms with Crippen molar-refractivity contribution in [1.29, 1.82) is 0 Å². The van der Waals surface area contributed by atoms with E-state index < -0.39 is 4.92 Å². The average molecular weight is 352 g/mol. The second-order valence-corrected chi connectivity index (χ2v) is 4.78. The molecule has 0 aliphatic carbocycles. The number of hydrogen-bond donors (Lipinski definition) is 1. The molecule has 0 heterocycles. The number of anilines is 1. The van der Waals surface area contributed by atoms with Crippen LogP contribution in [-0.2, 0) is 4.79 Å². The molecule has 0 unspecified atom stereocenters. The summed E-state index contributed by atoms with van der Waals surface area (Å²) in [6, 6.07) is 1.37. The van der Waals surface area contributed by atoms with Crippen molar-refractivity contribution in [2.24, 2.45) is 0 Å². The van der Waals surface area contributed by atoms with Crippen LogP contribution in [0, 0.1) is 17.0 Å². The third kappa shape index (κ3) is 2.59. The summed E-state index contributed by atoms with van der Waals surface area (Å²) in [7, 11) is 0. The van der Waals surface area contributed by atoms with E-state index in [9.17, 15) is 14.9 Å². The predicted octanol–water partition coefficient (Wildman–Crippen LogP) is 3.39. The number of nitro benzene ring substituents is 1. The van der Waals surface area contributed by atoms with Crippen LogP contribution >= 0.6 is 31.9 Å². The summed E-state index contributed by atoms with van der Waals surface area (Å²) >= 11 is 6.45. The third-order valence-electron chi connectivity index (χ3n) is 1.92. The van der Waals surface area contributed by atoms with E-state index in [1.807, 2.05) is 0 Å². The Labute approximate surface area is 109 Å². The molecule has 0 aliphatic rings. The Morgan fingerprint density at radius 1 is 1.50 bits per heavy atom. The van der Waals surface area contributed by atoms with Crippen LogP contribution in [0.3, 0.4) is 0 Å². The van der Waals surface area contributed by atoms with Crippen molar-refractivity contribution in [1.82, 2.24) is 0 Å². The van der Waals surface area contributed by atoms with Crippen LogP contribution < -0.4 is 5.32 Å². The van der Waals surface area contributed by atoms with Crippen LogP contribution in [0.15, 0.2) is 15.0 Å². The monoisotopic (exact) mass is 350 g/mol. The molecule has 1 amide bonds. The zero-order valence-corrected chi connectivity index (χ0v) is 11.7. The molecule has 0 bridgehead atoms. The Balaban J connectivity index is 3.47. The minimum atomic E-state index is -0.541. The van der Waals surface area contributed by atoms with Gasteiger partial charge in [-0.2, -0.15) is 0 Å². The van der Waals surface area contributed by atoms with Gasteiger partial charge in [-0.25, -0.2) is 0 Å². The first-order valence-electron chi connectivity index (χ1n) is 4.25. The van der Waals surface area contributed by atoms with Crippen molar-refractivity contribution in [3.63, 3.8) is 0 Å². The molecule has 5 nitrogen and oxygen atoms in total. The highest BCUT2D eigenvalue weighted by atomic mass is 79.9. The molecule has 1 aromatic rings. The molecular formula is C9H8Br2N2O3. The van der Waals surface area contributed by atoms with Crippen LogP contribution in [0.4, 0.5) is 11.4 Å². The molecule has 16 heavy (non-hydrogen) atoms. The van der Waals surface area contributed by atoms with E-state index >= 15 is 0 Å². The molecule has 7 heteroatoms. The Morgan fingerprint density at radius 2 is 2.06 bits per heavy atom. The van der Waals surface area contributed by atoms with Crippen molar-refractivity contribution < 1.29 is 9.72 Å². The molecule has 86 valence electrons. The van der Waals surface area contributed by atoms with Gasteiger partial charge in [-0.05, 0) is 28.4 Å². The maximum absolute atomic E-state index is 11.0. The van der Waals surface area contributed by atoms with Crippen molar-refractivity contribution >= 4 is 49.1 Å². The van der Waals surface area contributed by atoms with Gasteiger partial charge in [-0.1, -0.05) is 15.9 Å². The predicted molar refractivity (Wildman–Crippen MR) is 67.5 cm³/mol. The van der Waals surface area contributed by atoms with Crippen LogP contribution in [-0.4, -0.2) is 10.8 Å². The Morgan fingerprint density at radius 3 is 2.50 bits per heavy atom. The van der Waals surface area contributed by atoms with Gasteiger partial charge in [-0.3, -0.25) is 14.9 Å². The maximum Gasteiger partial charge on any atom is 0.295 e. The number of halogens is 2. The lowest BCUT2D eigenvalue weighted by molar-refractivity contribution is -0.384. The number of nitro groups is 1. The molecule has 0 radical (unpaired) electrons. The molecule has 1 rings (SSSR count). The molecule has 0 spiro atoms. The van der Waals surface area contributed by atoms with Crippen molar-refractivity contribution in [3.05, 3.63) is 30.7 Å². The van der Waals surface area contributed by atoms with Crippen LogP contribution in [0.2, 0.25) is 0 Å². The standard InChI is InChI=1S/C9H8Br2N2O3/c1-4-6(10)3-7(13(15)16)9(8(4)11)12-5(2)14/h3H,1-2H3,(H,12,14). The van der Waals surface area contributed by atoms with E-state index in [4.69, 9.17) is 0 Å². The number of nitrogens with one attached hydrogen (secondary N) is 1. The molecule has 1 aromatic carbocycles. The van der Waals surface area contributed by atoms with Gasteiger partial charge in [0.2, 0.25) is 5.91 Å². The van der Waals surface area contributed by atoms with E-state index in [2.05, 4.69) is 37.2 Å². The highest BCUT2D eigenvalue weighted by molar-refractivity contribution is 9.11. The van der Waals surface area contributed by atoms with E-state index in [0.717, 1.165) is 5.56 Å². The normalized spacial score (nSPS) is 10.0. The van der Waals surface area contributed by atoms with Crippen LogP contribution in [0.1, 0.15) is 12.5 Å². The number of rotatable bonds is 2. The van der Waals surface area contributed by atoms with Gasteiger partial charge >= 0.3 is 0 Å². The second kappa shape index (κ2) is 4.92. The highest BCUT2D eigenvalue weighted by Crippen LogP contribution is 2.39. The number of hydrogen-bond acceptors (Lipinski definition) is 3. The molecular weight excluding hydrogens is 344 g/mol. The van der Waals surface area contributed by atoms with Gasteiger partial charge in [0, 0.05) is 17.5 Å². The van der Waals surface area contributed by atoms with Crippen molar-refractivity contribution in [2.75, 3.05) is 5.32 Å². The highest BCUT2D eigenvalue weighted by Gasteiger charge is 2.21. The van der Waals surface area contributed by atoms with Gasteiger partial charge < -0.3 is 5.32 Å². The van der Waals surface area contributed by atoms with E-state index in [-0.39, 0.29) is 17.3 Å². The maximum atomic E-state index is 11.0. The topological polar surface area (TPSA) is 72.2 Å². The van der Waals surface area contributed by atoms with Gasteiger partial charge in [0.1, 0.15) is 5.69 Å². The fourth-order valence-corrected chi connectivity index (χ4v) is 2.34. The summed E-state index contributed by atoms with van der Waals surface area (Å²) in [6.45, 7) is 3.08. The Hall–Kier alpha value is -0.950. The van der Waals surface area contributed by atoms with Crippen LogP contribution in [0.5, 0.6) is 0 Å². The fourth-order valence-electron chi connectivity index (χ4n) is 1.14. The molecule has 0 atom stereocenters. The zero-order chi connectivity index (χ0) is 12.5. The summed E-state index contributed by atoms with van der Waals surface area (Å²) in [5, 5.41) is 13.3. The summed E-state index contributed by atoms with van der Waals surface area (Å²) in [5.41, 5.74) is 0.812. The van der Waals surface area contributed by atoms with E-state index in [0.29, 0.717) is 8.95 Å². The minimum absolute atomic E-state index is 0.153. The zero-order valence-electron chi connectivity index (χ0n) is 8.51.